The summed E-state index contributed by atoms with van der Waals surface area (Å²) in [5.41, 5.74) is 0.485. The van der Waals surface area contributed by atoms with Gasteiger partial charge in [0.15, 0.2) is 0 Å². The summed E-state index contributed by atoms with van der Waals surface area (Å²) in [6.07, 6.45) is -1.18. The van der Waals surface area contributed by atoms with Gasteiger partial charge in [-0.3, -0.25) is 4.79 Å². The number of hydrogen-bond acceptors (Lipinski definition) is 6. The van der Waals surface area contributed by atoms with Gasteiger partial charge in [0, 0.05) is 19.7 Å². The Labute approximate surface area is 143 Å². The van der Waals surface area contributed by atoms with Crippen molar-refractivity contribution in [2.75, 3.05) is 14.1 Å². The number of amides is 1. The Kier molecular flexibility index (Phi) is 5.37. The Bertz CT molecular complexity index is 844. The lowest BCUT2D eigenvalue weighted by Crippen LogP contribution is -2.31. The molecule has 128 valence electrons. The largest absolute Gasteiger partial charge is 0.443 e. The number of likely N-dealkylation sites (N-methyl/N-ethyl adjacent to an activating group) is 1. The zero-order chi connectivity index (χ0) is 17.9. The lowest BCUT2D eigenvalue weighted by molar-refractivity contribution is -0.138. The number of carbonyl (C=O) groups is 2. The summed E-state index contributed by atoms with van der Waals surface area (Å²) in [6, 6.07) is 9.70. The molecule has 7 nitrogen and oxygen atoms in total. The summed E-state index contributed by atoms with van der Waals surface area (Å²) >= 11 is 0.883. The number of ether oxygens (including phenoxy) is 1. The number of carbonyl (C=O) groups excluding carboxylic acids is 2. The molecule has 9 heteroatoms. The molecule has 1 heterocycles. The predicted octanol–water partition coefficient (Wildman–Crippen LogP) is 1.38. The highest BCUT2D eigenvalue weighted by Crippen LogP contribution is 2.26. The van der Waals surface area contributed by atoms with Crippen molar-refractivity contribution in [1.29, 1.82) is 0 Å². The van der Waals surface area contributed by atoms with Crippen LogP contribution in [0.5, 0.6) is 0 Å². The summed E-state index contributed by atoms with van der Waals surface area (Å²) in [6.45, 7) is 0. The molecule has 2 rings (SSSR count). The van der Waals surface area contributed by atoms with Gasteiger partial charge >= 0.3 is 5.97 Å². The molecule has 24 heavy (non-hydrogen) atoms. The van der Waals surface area contributed by atoms with Crippen LogP contribution in [-0.2, 0) is 19.6 Å². The highest BCUT2D eigenvalue weighted by molar-refractivity contribution is 7.89. The molecule has 1 aromatic heterocycles. The first kappa shape index (κ1) is 18.1. The molecule has 0 aliphatic heterocycles. The zero-order valence-corrected chi connectivity index (χ0v) is 14.6. The van der Waals surface area contributed by atoms with Crippen LogP contribution in [-0.4, -0.2) is 39.3 Å². The van der Waals surface area contributed by atoms with E-state index in [4.69, 9.17) is 9.88 Å². The number of nitrogens with zero attached hydrogens (tertiary/aromatic N) is 1. The minimum Gasteiger partial charge on any atom is -0.443 e. The van der Waals surface area contributed by atoms with Gasteiger partial charge in [0.25, 0.3) is 5.91 Å². The molecule has 2 aromatic rings. The average Bonchev–Trinajstić information content (AvgIpc) is 3.02. The Hall–Kier alpha value is -2.23. The molecule has 0 bridgehead atoms. The summed E-state index contributed by atoms with van der Waals surface area (Å²) in [5.74, 6) is -1.36. The maximum atomic E-state index is 12.4. The summed E-state index contributed by atoms with van der Waals surface area (Å²) in [5, 5.41) is 6.50. The van der Waals surface area contributed by atoms with Crippen molar-refractivity contribution in [3.05, 3.63) is 52.2 Å². The van der Waals surface area contributed by atoms with E-state index >= 15 is 0 Å². The second-order valence-electron chi connectivity index (χ2n) is 5.09. The number of sulfonamides is 1. The molecule has 0 saturated heterocycles. The number of rotatable bonds is 5. The van der Waals surface area contributed by atoms with Crippen molar-refractivity contribution in [2.45, 2.75) is 11.0 Å². The number of nitrogens with two attached hydrogens (primary N) is 1. The van der Waals surface area contributed by atoms with Crippen LogP contribution in [0.2, 0.25) is 0 Å². The number of thiophene rings is 1. The van der Waals surface area contributed by atoms with Gasteiger partial charge in [0.05, 0.1) is 0 Å². The number of primary sulfonamides is 1. The average molecular weight is 368 g/mol. The van der Waals surface area contributed by atoms with Crippen LogP contribution in [0, 0.1) is 0 Å². The van der Waals surface area contributed by atoms with Gasteiger partial charge in [-0.1, -0.05) is 30.3 Å². The number of benzene rings is 1. The van der Waals surface area contributed by atoms with Gasteiger partial charge in [0.1, 0.15) is 9.77 Å². The van der Waals surface area contributed by atoms with E-state index in [1.54, 1.807) is 30.3 Å². The summed E-state index contributed by atoms with van der Waals surface area (Å²) in [4.78, 5) is 25.5. The molecular formula is C15H16N2O5S2. The van der Waals surface area contributed by atoms with Crippen LogP contribution in [0.1, 0.15) is 21.3 Å². The molecule has 0 aliphatic rings. The molecule has 1 aromatic carbocycles. The fourth-order valence-electron chi connectivity index (χ4n) is 1.95. The third-order valence-electron chi connectivity index (χ3n) is 3.11. The standard InChI is InChI=1S/C15H16N2O5S2/c1-17(2)14(18)12(10-6-4-3-5-7-10)22-15(19)13-11(8-9-23-13)24(16,20)21/h3-9,12H,1-2H3,(H2,16,20,21)/t12-/m0/s1. The van der Waals surface area contributed by atoms with Crippen molar-refractivity contribution >= 4 is 33.2 Å². The Balaban J connectivity index is 2.36. The molecule has 0 unspecified atom stereocenters. The van der Waals surface area contributed by atoms with Crippen LogP contribution in [0.15, 0.2) is 46.7 Å². The van der Waals surface area contributed by atoms with Crippen molar-refractivity contribution in [2.24, 2.45) is 5.14 Å². The van der Waals surface area contributed by atoms with Crippen LogP contribution in [0.3, 0.4) is 0 Å². The van der Waals surface area contributed by atoms with Gasteiger partial charge in [-0.05, 0) is 11.4 Å². The second kappa shape index (κ2) is 7.12. The fourth-order valence-corrected chi connectivity index (χ4v) is 3.80. The van der Waals surface area contributed by atoms with E-state index in [0.29, 0.717) is 5.56 Å². The van der Waals surface area contributed by atoms with E-state index in [1.165, 1.54) is 30.4 Å². The van der Waals surface area contributed by atoms with E-state index in [9.17, 15) is 18.0 Å². The Morgan fingerprint density at radius 3 is 2.33 bits per heavy atom. The van der Waals surface area contributed by atoms with Gasteiger partial charge in [-0.15, -0.1) is 11.3 Å². The van der Waals surface area contributed by atoms with Crippen molar-refractivity contribution in [3.8, 4) is 0 Å². The highest BCUT2D eigenvalue weighted by atomic mass is 32.2. The maximum Gasteiger partial charge on any atom is 0.350 e. The molecule has 0 radical (unpaired) electrons. The smallest absolute Gasteiger partial charge is 0.350 e. The van der Waals surface area contributed by atoms with E-state index in [-0.39, 0.29) is 9.77 Å². The van der Waals surface area contributed by atoms with Gasteiger partial charge in [0.2, 0.25) is 16.1 Å². The first-order valence-corrected chi connectivity index (χ1v) is 9.22. The van der Waals surface area contributed by atoms with E-state index < -0.39 is 28.0 Å². The van der Waals surface area contributed by atoms with Crippen molar-refractivity contribution in [1.82, 2.24) is 4.90 Å². The summed E-state index contributed by atoms with van der Waals surface area (Å²) in [7, 11) is -0.988. The molecule has 0 spiro atoms. The third-order valence-corrected chi connectivity index (χ3v) is 5.09. The highest BCUT2D eigenvalue weighted by Gasteiger charge is 2.30. The lowest BCUT2D eigenvalue weighted by atomic mass is 10.1. The van der Waals surface area contributed by atoms with Gasteiger partial charge in [-0.25, -0.2) is 18.4 Å². The molecular weight excluding hydrogens is 352 g/mol. The van der Waals surface area contributed by atoms with E-state index in [2.05, 4.69) is 0 Å². The second-order valence-corrected chi connectivity index (χ2v) is 7.53. The van der Waals surface area contributed by atoms with Crippen molar-refractivity contribution in [3.63, 3.8) is 0 Å². The molecule has 0 saturated carbocycles. The van der Waals surface area contributed by atoms with Gasteiger partial charge < -0.3 is 9.64 Å². The summed E-state index contributed by atoms with van der Waals surface area (Å²) < 4.78 is 28.3. The van der Waals surface area contributed by atoms with Gasteiger partial charge in [-0.2, -0.15) is 0 Å². The number of hydrogen-bond donors (Lipinski definition) is 1. The van der Waals surface area contributed by atoms with Crippen LogP contribution >= 0.6 is 11.3 Å². The SMILES string of the molecule is CN(C)C(=O)[C@@H](OC(=O)c1sccc1S(N)(=O)=O)c1ccccc1. The van der Waals surface area contributed by atoms with E-state index in [1.807, 2.05) is 0 Å². The Morgan fingerprint density at radius 1 is 1.17 bits per heavy atom. The fraction of sp³-hybridized carbons (Fsp3) is 0.200. The van der Waals surface area contributed by atoms with Crippen LogP contribution in [0.25, 0.3) is 0 Å². The van der Waals surface area contributed by atoms with Crippen molar-refractivity contribution < 1.29 is 22.7 Å². The molecule has 2 N–H and O–H groups in total. The number of esters is 1. The monoisotopic (exact) mass is 368 g/mol. The Morgan fingerprint density at radius 2 is 1.79 bits per heavy atom. The maximum absolute atomic E-state index is 12.4. The first-order chi connectivity index (χ1) is 11.2. The molecule has 1 atom stereocenters. The third kappa shape index (κ3) is 3.99. The molecule has 1 amide bonds. The lowest BCUT2D eigenvalue weighted by Gasteiger charge is -2.21. The predicted molar refractivity (Wildman–Crippen MR) is 89.0 cm³/mol. The normalized spacial score (nSPS) is 12.5. The minimum atomic E-state index is -4.06. The molecule has 0 fully saturated rings. The first-order valence-electron chi connectivity index (χ1n) is 6.79. The quantitative estimate of drug-likeness (QED) is 0.803. The topological polar surface area (TPSA) is 107 Å². The minimum absolute atomic E-state index is 0.162. The van der Waals surface area contributed by atoms with Crippen LogP contribution in [0.4, 0.5) is 0 Å². The van der Waals surface area contributed by atoms with Crippen LogP contribution < -0.4 is 5.14 Å². The van der Waals surface area contributed by atoms with E-state index in [0.717, 1.165) is 11.3 Å². The molecule has 0 aliphatic carbocycles. The zero-order valence-electron chi connectivity index (χ0n) is 13.0.